The molecule has 1 aromatic rings. The highest BCUT2D eigenvalue weighted by Gasteiger charge is 2.22. The van der Waals surface area contributed by atoms with E-state index in [1.165, 1.54) is 18.5 Å². The van der Waals surface area contributed by atoms with Gasteiger partial charge in [0.25, 0.3) is 0 Å². The molecule has 1 atom stereocenters. The minimum atomic E-state index is -1.38. The maximum atomic E-state index is 9.12. The summed E-state index contributed by atoms with van der Waals surface area (Å²) in [6.45, 7) is 6.62. The first-order chi connectivity index (χ1) is 9.60. The second kappa shape index (κ2) is 7.22. The van der Waals surface area contributed by atoms with Crippen LogP contribution in [0.4, 0.5) is 0 Å². The van der Waals surface area contributed by atoms with E-state index in [1.807, 2.05) is 12.1 Å². The van der Waals surface area contributed by atoms with Gasteiger partial charge >= 0.3 is 7.12 Å². The zero-order valence-electron chi connectivity index (χ0n) is 12.5. The maximum Gasteiger partial charge on any atom is 0.488 e. The van der Waals surface area contributed by atoms with Crippen molar-refractivity contribution in [2.75, 3.05) is 26.7 Å². The van der Waals surface area contributed by atoms with Crippen molar-refractivity contribution in [1.29, 1.82) is 0 Å². The fraction of sp³-hybridized carbons (Fsp3) is 0.600. The van der Waals surface area contributed by atoms with Gasteiger partial charge in [-0.2, -0.15) is 0 Å². The molecule has 0 amide bonds. The van der Waals surface area contributed by atoms with Crippen molar-refractivity contribution in [3.63, 3.8) is 0 Å². The Morgan fingerprint density at radius 1 is 1.20 bits per heavy atom. The molecule has 1 aliphatic heterocycles. The molecule has 5 heteroatoms. The van der Waals surface area contributed by atoms with Gasteiger partial charge in [0.05, 0.1) is 0 Å². The van der Waals surface area contributed by atoms with Gasteiger partial charge in [0, 0.05) is 25.7 Å². The Morgan fingerprint density at radius 3 is 2.50 bits per heavy atom. The first-order valence-corrected chi connectivity index (χ1v) is 7.47. The van der Waals surface area contributed by atoms with Gasteiger partial charge in [-0.3, -0.25) is 4.90 Å². The largest absolute Gasteiger partial charge is 0.488 e. The third-order valence-corrected chi connectivity index (χ3v) is 4.16. The number of hydrogen-bond donors (Lipinski definition) is 2. The number of benzene rings is 1. The topological polar surface area (TPSA) is 46.9 Å². The summed E-state index contributed by atoms with van der Waals surface area (Å²) < 4.78 is 0. The van der Waals surface area contributed by atoms with Crippen molar-refractivity contribution in [2.45, 2.75) is 32.4 Å². The lowest BCUT2D eigenvalue weighted by molar-refractivity contribution is 0.176. The molecule has 1 heterocycles. The molecule has 0 aliphatic carbocycles. The van der Waals surface area contributed by atoms with Crippen LogP contribution in [0.15, 0.2) is 24.3 Å². The van der Waals surface area contributed by atoms with Gasteiger partial charge in [0.1, 0.15) is 0 Å². The van der Waals surface area contributed by atoms with Crippen LogP contribution in [-0.2, 0) is 6.54 Å². The van der Waals surface area contributed by atoms with Crippen molar-refractivity contribution in [3.8, 4) is 0 Å². The van der Waals surface area contributed by atoms with Crippen molar-refractivity contribution >= 4 is 12.6 Å². The number of nitrogens with zero attached hydrogens (tertiary/aromatic N) is 2. The molecule has 1 fully saturated rings. The predicted octanol–water partition coefficient (Wildman–Crippen LogP) is 0.283. The molecule has 0 radical (unpaired) electrons. The number of hydrogen-bond acceptors (Lipinski definition) is 4. The summed E-state index contributed by atoms with van der Waals surface area (Å²) in [5, 5.41) is 18.2. The summed E-state index contributed by atoms with van der Waals surface area (Å²) in [5.74, 6) is 0. The molecule has 110 valence electrons. The van der Waals surface area contributed by atoms with Gasteiger partial charge in [0.2, 0.25) is 0 Å². The SMILES string of the molecule is CCC1CN(C)CCCN1Cc1ccc(B(O)O)cc1. The molecule has 20 heavy (non-hydrogen) atoms. The Balaban J connectivity index is 2.03. The Kier molecular flexibility index (Phi) is 5.60. The lowest BCUT2D eigenvalue weighted by Gasteiger charge is -2.30. The fourth-order valence-corrected chi connectivity index (χ4v) is 2.92. The van der Waals surface area contributed by atoms with Gasteiger partial charge in [-0.05, 0) is 37.5 Å². The standard InChI is InChI=1S/C15H25BN2O2/c1-3-15-12-17(2)9-4-10-18(15)11-13-5-7-14(8-6-13)16(19)20/h5-8,15,19-20H,3-4,9-12H2,1-2H3. The minimum Gasteiger partial charge on any atom is -0.423 e. The van der Waals surface area contributed by atoms with E-state index in [-0.39, 0.29) is 0 Å². The summed E-state index contributed by atoms with van der Waals surface area (Å²) >= 11 is 0. The average Bonchev–Trinajstić information content (AvgIpc) is 2.61. The Morgan fingerprint density at radius 2 is 1.90 bits per heavy atom. The molecule has 0 bridgehead atoms. The third kappa shape index (κ3) is 4.06. The Bertz CT molecular complexity index is 411. The first kappa shape index (κ1) is 15.5. The van der Waals surface area contributed by atoms with Crippen LogP contribution >= 0.6 is 0 Å². The number of likely N-dealkylation sites (N-methyl/N-ethyl adjacent to an activating group) is 1. The summed E-state index contributed by atoms with van der Waals surface area (Å²) in [5.41, 5.74) is 1.79. The van der Waals surface area contributed by atoms with Gasteiger partial charge < -0.3 is 14.9 Å². The van der Waals surface area contributed by atoms with E-state index in [0.717, 1.165) is 26.1 Å². The Hall–Kier alpha value is -0.875. The zero-order chi connectivity index (χ0) is 14.5. The van der Waals surface area contributed by atoms with Gasteiger partial charge in [-0.25, -0.2) is 0 Å². The summed E-state index contributed by atoms with van der Waals surface area (Å²) in [7, 11) is 0.822. The van der Waals surface area contributed by atoms with Crippen LogP contribution in [0.25, 0.3) is 0 Å². The maximum absolute atomic E-state index is 9.12. The summed E-state index contributed by atoms with van der Waals surface area (Å²) in [6.07, 6.45) is 2.37. The smallest absolute Gasteiger partial charge is 0.423 e. The average molecular weight is 276 g/mol. The molecule has 2 N–H and O–H groups in total. The summed E-state index contributed by atoms with van der Waals surface area (Å²) in [6, 6.07) is 8.19. The predicted molar refractivity (Wildman–Crippen MR) is 82.9 cm³/mol. The molecule has 4 nitrogen and oxygen atoms in total. The quantitative estimate of drug-likeness (QED) is 0.776. The van der Waals surface area contributed by atoms with E-state index >= 15 is 0 Å². The molecule has 2 rings (SSSR count). The van der Waals surface area contributed by atoms with Crippen LogP contribution in [0.2, 0.25) is 0 Å². The third-order valence-electron chi connectivity index (χ3n) is 4.16. The van der Waals surface area contributed by atoms with Gasteiger partial charge in [-0.15, -0.1) is 0 Å². The number of rotatable bonds is 4. The highest BCUT2D eigenvalue weighted by atomic mass is 16.4. The molecule has 1 aliphatic rings. The van der Waals surface area contributed by atoms with Gasteiger partial charge in [0.15, 0.2) is 0 Å². The highest BCUT2D eigenvalue weighted by Crippen LogP contribution is 2.15. The fourth-order valence-electron chi connectivity index (χ4n) is 2.92. The minimum absolute atomic E-state index is 0.552. The monoisotopic (exact) mass is 276 g/mol. The molecule has 1 unspecified atom stereocenters. The second-order valence-corrected chi connectivity index (χ2v) is 5.76. The van der Waals surface area contributed by atoms with Crippen LogP contribution in [-0.4, -0.2) is 59.7 Å². The lowest BCUT2D eigenvalue weighted by atomic mass is 9.80. The van der Waals surface area contributed by atoms with Gasteiger partial charge in [-0.1, -0.05) is 31.2 Å². The molecule has 1 aromatic carbocycles. The lowest BCUT2D eigenvalue weighted by Crippen LogP contribution is -2.39. The molecule has 1 saturated heterocycles. The molecule has 0 spiro atoms. The van der Waals surface area contributed by atoms with Crippen LogP contribution in [0, 0.1) is 0 Å². The molecule has 0 saturated carbocycles. The van der Waals surface area contributed by atoms with Crippen molar-refractivity contribution in [2.24, 2.45) is 0 Å². The highest BCUT2D eigenvalue weighted by molar-refractivity contribution is 6.58. The van der Waals surface area contributed by atoms with E-state index in [4.69, 9.17) is 10.0 Å². The summed E-state index contributed by atoms with van der Waals surface area (Å²) in [4.78, 5) is 4.97. The van der Waals surface area contributed by atoms with E-state index in [9.17, 15) is 0 Å². The van der Waals surface area contributed by atoms with E-state index in [2.05, 4.69) is 23.8 Å². The molecular weight excluding hydrogens is 251 g/mol. The van der Waals surface area contributed by atoms with E-state index in [0.29, 0.717) is 11.5 Å². The second-order valence-electron chi connectivity index (χ2n) is 5.76. The van der Waals surface area contributed by atoms with Crippen molar-refractivity contribution in [3.05, 3.63) is 29.8 Å². The van der Waals surface area contributed by atoms with Crippen LogP contribution in [0.5, 0.6) is 0 Å². The van der Waals surface area contributed by atoms with Crippen molar-refractivity contribution in [1.82, 2.24) is 9.80 Å². The van der Waals surface area contributed by atoms with Crippen LogP contribution in [0.1, 0.15) is 25.3 Å². The molecular formula is C15H25BN2O2. The molecule has 0 aromatic heterocycles. The van der Waals surface area contributed by atoms with E-state index in [1.54, 1.807) is 12.1 Å². The van der Waals surface area contributed by atoms with E-state index < -0.39 is 7.12 Å². The Labute approximate surface area is 122 Å². The van der Waals surface area contributed by atoms with Crippen molar-refractivity contribution < 1.29 is 10.0 Å². The van der Waals surface area contributed by atoms with Crippen LogP contribution in [0.3, 0.4) is 0 Å². The first-order valence-electron chi connectivity index (χ1n) is 7.47. The zero-order valence-corrected chi connectivity index (χ0v) is 12.5. The normalized spacial score (nSPS) is 21.7. The van der Waals surface area contributed by atoms with Crippen LogP contribution < -0.4 is 5.46 Å².